The lowest BCUT2D eigenvalue weighted by Gasteiger charge is -2.21. The number of carbonyl (C=O) groups is 2. The number of hydrogen-bond donors (Lipinski definition) is 2. The van der Waals surface area contributed by atoms with Crippen molar-refractivity contribution in [3.8, 4) is 0 Å². The van der Waals surface area contributed by atoms with Gasteiger partial charge in [-0.25, -0.2) is 0 Å². The number of carbonyl (C=O) groups excluding carboxylic acids is 2. The van der Waals surface area contributed by atoms with Crippen LogP contribution in [0.4, 0.5) is 0 Å². The molecule has 2 atom stereocenters. The zero-order valence-corrected chi connectivity index (χ0v) is 20.8. The Morgan fingerprint density at radius 1 is 1.03 bits per heavy atom. The molecule has 2 unspecified atom stereocenters. The molecule has 0 saturated carbocycles. The summed E-state index contributed by atoms with van der Waals surface area (Å²) < 4.78 is 0. The van der Waals surface area contributed by atoms with Gasteiger partial charge < -0.3 is 10.6 Å². The van der Waals surface area contributed by atoms with Crippen molar-refractivity contribution in [1.82, 2.24) is 20.4 Å². The van der Waals surface area contributed by atoms with Crippen LogP contribution < -0.4 is 10.6 Å². The summed E-state index contributed by atoms with van der Waals surface area (Å²) in [7, 11) is 1.73. The fraction of sp³-hybridized carbons (Fsp3) is 0.375. The number of nitrogens with zero attached hydrogens (tertiary/aromatic N) is 3. The molecule has 2 aliphatic heterocycles. The van der Waals surface area contributed by atoms with Crippen molar-refractivity contribution in [1.29, 1.82) is 0 Å². The summed E-state index contributed by atoms with van der Waals surface area (Å²) in [6.07, 6.45) is 1.03. The maximum atomic E-state index is 12.5. The molecule has 2 N–H and O–H groups in total. The van der Waals surface area contributed by atoms with Crippen LogP contribution in [0, 0.1) is 0 Å². The molecule has 8 heteroatoms. The van der Waals surface area contributed by atoms with Gasteiger partial charge in [0.15, 0.2) is 5.96 Å². The van der Waals surface area contributed by atoms with Crippen molar-refractivity contribution in [2.75, 3.05) is 26.7 Å². The van der Waals surface area contributed by atoms with E-state index in [0.717, 1.165) is 19.5 Å². The van der Waals surface area contributed by atoms with Gasteiger partial charge in [-0.3, -0.25) is 24.4 Å². The van der Waals surface area contributed by atoms with Crippen molar-refractivity contribution in [3.05, 3.63) is 71.3 Å². The predicted molar refractivity (Wildman–Crippen MR) is 136 cm³/mol. The van der Waals surface area contributed by atoms with Crippen molar-refractivity contribution >= 4 is 41.8 Å². The number of fused-ring (bicyclic) bond motifs is 1. The summed E-state index contributed by atoms with van der Waals surface area (Å²) >= 11 is 0. The van der Waals surface area contributed by atoms with Crippen molar-refractivity contribution < 1.29 is 9.59 Å². The Labute approximate surface area is 206 Å². The molecule has 7 nitrogen and oxygen atoms in total. The van der Waals surface area contributed by atoms with E-state index in [1.165, 1.54) is 10.5 Å². The Balaban J connectivity index is 0.00000289. The number of guanidine groups is 1. The van der Waals surface area contributed by atoms with Crippen LogP contribution in [0.5, 0.6) is 0 Å². The Morgan fingerprint density at radius 2 is 1.66 bits per heavy atom. The Morgan fingerprint density at radius 3 is 2.28 bits per heavy atom. The highest BCUT2D eigenvalue weighted by atomic mass is 127. The quantitative estimate of drug-likeness (QED) is 0.252. The second-order valence-electron chi connectivity index (χ2n) is 8.15. The topological polar surface area (TPSA) is 77.0 Å². The van der Waals surface area contributed by atoms with Crippen molar-refractivity contribution in [2.24, 2.45) is 4.99 Å². The summed E-state index contributed by atoms with van der Waals surface area (Å²) in [6.45, 7) is 4.87. The molecule has 170 valence electrons. The average molecular weight is 547 g/mol. The molecule has 0 spiro atoms. The molecule has 0 aliphatic carbocycles. The van der Waals surface area contributed by atoms with E-state index < -0.39 is 0 Å². The van der Waals surface area contributed by atoms with Gasteiger partial charge in [-0.1, -0.05) is 42.5 Å². The van der Waals surface area contributed by atoms with Gasteiger partial charge in [0.05, 0.1) is 11.1 Å². The predicted octanol–water partition coefficient (Wildman–Crippen LogP) is 2.73. The van der Waals surface area contributed by atoms with Gasteiger partial charge in [-0.15, -0.1) is 24.0 Å². The number of benzene rings is 2. The fourth-order valence-electron chi connectivity index (χ4n) is 4.36. The number of aliphatic imine (C=N–C) groups is 1. The highest BCUT2D eigenvalue weighted by molar-refractivity contribution is 14.0. The third-order valence-corrected chi connectivity index (χ3v) is 6.00. The molecule has 0 bridgehead atoms. The first-order chi connectivity index (χ1) is 15.1. The molecule has 2 aliphatic rings. The molecule has 2 aromatic carbocycles. The molecular formula is C24H30IN5O2. The van der Waals surface area contributed by atoms with Gasteiger partial charge in [-0.05, 0) is 31.0 Å². The minimum atomic E-state index is -0.230. The number of rotatable bonds is 6. The van der Waals surface area contributed by atoms with E-state index in [0.29, 0.717) is 42.3 Å². The molecule has 1 saturated heterocycles. The zero-order valence-electron chi connectivity index (χ0n) is 18.5. The highest BCUT2D eigenvalue weighted by Gasteiger charge is 2.34. The minimum absolute atomic E-state index is 0. The van der Waals surface area contributed by atoms with E-state index in [1.807, 2.05) is 6.07 Å². The monoisotopic (exact) mass is 547 g/mol. The normalized spacial score (nSPS) is 20.8. The Hall–Kier alpha value is -2.46. The van der Waals surface area contributed by atoms with E-state index in [9.17, 15) is 9.59 Å². The summed E-state index contributed by atoms with van der Waals surface area (Å²) in [5, 5.41) is 6.73. The SMILES string of the molecule is CN=C(NCCN1C(=O)c2ccccc2C1=O)NC1CC(C)N(Cc2ccccc2)C1.I. The summed E-state index contributed by atoms with van der Waals surface area (Å²) in [5.41, 5.74) is 2.28. The molecule has 2 amide bonds. The van der Waals surface area contributed by atoms with Crippen molar-refractivity contribution in [3.63, 3.8) is 0 Å². The second kappa shape index (κ2) is 10.9. The minimum Gasteiger partial charge on any atom is -0.355 e. The van der Waals surface area contributed by atoms with Crippen LogP contribution in [-0.2, 0) is 6.54 Å². The van der Waals surface area contributed by atoms with Gasteiger partial charge >= 0.3 is 0 Å². The van der Waals surface area contributed by atoms with Crippen LogP contribution in [-0.4, -0.2) is 66.3 Å². The lowest BCUT2D eigenvalue weighted by atomic mass is 10.1. The van der Waals surface area contributed by atoms with E-state index >= 15 is 0 Å². The summed E-state index contributed by atoms with van der Waals surface area (Å²) in [6, 6.07) is 18.2. The Kier molecular flexibility index (Phi) is 8.25. The van der Waals surface area contributed by atoms with Gasteiger partial charge in [0.1, 0.15) is 0 Å². The molecule has 32 heavy (non-hydrogen) atoms. The second-order valence-corrected chi connectivity index (χ2v) is 8.15. The van der Waals surface area contributed by atoms with Crippen LogP contribution in [0.15, 0.2) is 59.6 Å². The van der Waals surface area contributed by atoms with Crippen LogP contribution >= 0.6 is 24.0 Å². The number of amides is 2. The summed E-state index contributed by atoms with van der Waals surface area (Å²) in [5.74, 6) is 0.230. The van der Waals surface area contributed by atoms with Gasteiger partial charge in [0.2, 0.25) is 0 Å². The lowest BCUT2D eigenvalue weighted by molar-refractivity contribution is 0.0657. The molecule has 4 rings (SSSR count). The van der Waals surface area contributed by atoms with E-state index in [2.05, 4.69) is 51.7 Å². The first-order valence-electron chi connectivity index (χ1n) is 10.8. The zero-order chi connectivity index (χ0) is 21.8. The molecule has 0 radical (unpaired) electrons. The van der Waals surface area contributed by atoms with Gasteiger partial charge in [0.25, 0.3) is 11.8 Å². The smallest absolute Gasteiger partial charge is 0.261 e. The number of nitrogens with one attached hydrogen (secondary N) is 2. The standard InChI is InChI=1S/C24H29N5O2.HI/c1-17-14-19(16-28(17)15-18-8-4-3-5-9-18)27-24(25-2)26-12-13-29-22(30)20-10-6-7-11-21(20)23(29)31;/h3-11,17,19H,12-16H2,1-2H3,(H2,25,26,27);1H. The molecule has 0 aromatic heterocycles. The van der Waals surface area contributed by atoms with Gasteiger partial charge in [-0.2, -0.15) is 0 Å². The number of hydrogen-bond acceptors (Lipinski definition) is 4. The first-order valence-corrected chi connectivity index (χ1v) is 10.8. The fourth-order valence-corrected chi connectivity index (χ4v) is 4.36. The average Bonchev–Trinajstić information content (AvgIpc) is 3.25. The largest absolute Gasteiger partial charge is 0.355 e. The highest BCUT2D eigenvalue weighted by Crippen LogP contribution is 2.22. The van der Waals surface area contributed by atoms with Crippen LogP contribution in [0.25, 0.3) is 0 Å². The van der Waals surface area contributed by atoms with E-state index in [1.54, 1.807) is 31.3 Å². The number of likely N-dealkylation sites (tertiary alicyclic amines) is 1. The van der Waals surface area contributed by atoms with E-state index in [-0.39, 0.29) is 35.8 Å². The maximum absolute atomic E-state index is 12.5. The van der Waals surface area contributed by atoms with Crippen LogP contribution in [0.1, 0.15) is 39.6 Å². The lowest BCUT2D eigenvalue weighted by Crippen LogP contribution is -2.47. The molecule has 1 fully saturated rings. The van der Waals surface area contributed by atoms with Gasteiger partial charge in [0, 0.05) is 45.3 Å². The van der Waals surface area contributed by atoms with E-state index in [4.69, 9.17) is 0 Å². The summed E-state index contributed by atoms with van der Waals surface area (Å²) in [4.78, 5) is 33.0. The molecule has 2 heterocycles. The molecular weight excluding hydrogens is 517 g/mol. The molecule has 2 aromatic rings. The van der Waals surface area contributed by atoms with Crippen molar-refractivity contribution in [2.45, 2.75) is 32.0 Å². The third-order valence-electron chi connectivity index (χ3n) is 6.00. The maximum Gasteiger partial charge on any atom is 0.261 e. The third kappa shape index (κ3) is 5.29. The number of halogens is 1. The first kappa shape index (κ1) is 24.2. The van der Waals surface area contributed by atoms with Crippen LogP contribution in [0.2, 0.25) is 0 Å². The van der Waals surface area contributed by atoms with Crippen LogP contribution in [0.3, 0.4) is 0 Å². The Bertz CT molecular complexity index is 946. The number of imide groups is 1.